The Bertz CT molecular complexity index is 773. The van der Waals surface area contributed by atoms with Gasteiger partial charge in [0.1, 0.15) is 0 Å². The molecule has 0 bridgehead atoms. The Kier molecular flexibility index (Phi) is 5.02. The van der Waals surface area contributed by atoms with Gasteiger partial charge in [0.2, 0.25) is 0 Å². The van der Waals surface area contributed by atoms with E-state index in [4.69, 9.17) is 0 Å². The van der Waals surface area contributed by atoms with Crippen molar-refractivity contribution in [2.45, 2.75) is 13.1 Å². The quantitative estimate of drug-likeness (QED) is 0.578. The fourth-order valence-electron chi connectivity index (χ4n) is 1.82. The predicted octanol–water partition coefficient (Wildman–Crippen LogP) is 4.73. The zero-order valence-electron chi connectivity index (χ0n) is 12.3. The molecule has 0 amide bonds. The molecular formula is C19H13F3O. The predicted molar refractivity (Wildman–Crippen MR) is 83.4 cm³/mol. The van der Waals surface area contributed by atoms with Gasteiger partial charge in [0.05, 0.1) is 11.1 Å². The van der Waals surface area contributed by atoms with E-state index in [-0.39, 0.29) is 5.78 Å². The summed E-state index contributed by atoms with van der Waals surface area (Å²) < 4.78 is 37.5. The highest BCUT2D eigenvalue weighted by atomic mass is 19.4. The SMILES string of the molecule is CC(=O)/C(C#Cc1ccc(C(F)(F)F)cc1)=C/c1ccccc1. The number of carbonyl (C=O) groups excluding carboxylic acids is 1. The van der Waals surface area contributed by atoms with E-state index in [0.29, 0.717) is 11.1 Å². The first kappa shape index (κ1) is 16.6. The van der Waals surface area contributed by atoms with E-state index in [1.165, 1.54) is 19.1 Å². The molecule has 0 N–H and O–H groups in total. The van der Waals surface area contributed by atoms with Crippen LogP contribution in [0.5, 0.6) is 0 Å². The standard InChI is InChI=1S/C19H13F3O/c1-14(23)17(13-16-5-3-2-4-6-16)10-7-15-8-11-18(12-9-15)19(20,21)22/h2-6,8-9,11-13H,1H3/b17-13+. The molecule has 0 aliphatic heterocycles. The summed E-state index contributed by atoms with van der Waals surface area (Å²) in [6.07, 6.45) is -2.72. The number of ketones is 1. The van der Waals surface area contributed by atoms with Crippen LogP contribution in [-0.4, -0.2) is 5.78 Å². The summed E-state index contributed by atoms with van der Waals surface area (Å²) in [4.78, 5) is 11.6. The third-order valence-electron chi connectivity index (χ3n) is 3.04. The van der Waals surface area contributed by atoms with Crippen LogP contribution in [0.25, 0.3) is 6.08 Å². The lowest BCUT2D eigenvalue weighted by atomic mass is 10.1. The van der Waals surface area contributed by atoms with Gasteiger partial charge in [0, 0.05) is 5.56 Å². The molecule has 0 saturated carbocycles. The highest BCUT2D eigenvalue weighted by molar-refractivity contribution is 6.02. The molecule has 2 rings (SSSR count). The molecule has 0 saturated heterocycles. The van der Waals surface area contributed by atoms with Gasteiger partial charge in [0.15, 0.2) is 5.78 Å². The van der Waals surface area contributed by atoms with Gasteiger partial charge < -0.3 is 0 Å². The molecule has 0 spiro atoms. The molecule has 0 unspecified atom stereocenters. The summed E-state index contributed by atoms with van der Waals surface area (Å²) in [6, 6.07) is 13.7. The van der Waals surface area contributed by atoms with Crippen molar-refractivity contribution in [1.29, 1.82) is 0 Å². The number of benzene rings is 2. The number of rotatable bonds is 2. The van der Waals surface area contributed by atoms with Crippen molar-refractivity contribution in [3.8, 4) is 11.8 Å². The Labute approximate surface area is 132 Å². The molecule has 0 radical (unpaired) electrons. The molecule has 23 heavy (non-hydrogen) atoms. The second kappa shape index (κ2) is 6.97. The maximum Gasteiger partial charge on any atom is 0.416 e. The fourth-order valence-corrected chi connectivity index (χ4v) is 1.82. The monoisotopic (exact) mass is 314 g/mol. The van der Waals surface area contributed by atoms with Crippen molar-refractivity contribution in [2.75, 3.05) is 0 Å². The second-order valence-corrected chi connectivity index (χ2v) is 4.85. The van der Waals surface area contributed by atoms with Gasteiger partial charge in [-0.05, 0) is 42.8 Å². The molecule has 0 atom stereocenters. The maximum atomic E-state index is 12.5. The highest BCUT2D eigenvalue weighted by Crippen LogP contribution is 2.28. The van der Waals surface area contributed by atoms with Gasteiger partial charge in [-0.15, -0.1) is 0 Å². The molecule has 0 aliphatic rings. The zero-order valence-corrected chi connectivity index (χ0v) is 12.3. The van der Waals surface area contributed by atoms with Gasteiger partial charge in [-0.25, -0.2) is 0 Å². The van der Waals surface area contributed by atoms with Crippen LogP contribution in [0.4, 0.5) is 13.2 Å². The van der Waals surface area contributed by atoms with Gasteiger partial charge >= 0.3 is 6.18 Å². The summed E-state index contributed by atoms with van der Waals surface area (Å²) in [5.74, 6) is 5.24. The van der Waals surface area contributed by atoms with Crippen LogP contribution in [0.1, 0.15) is 23.6 Å². The Morgan fingerprint density at radius 1 is 1.00 bits per heavy atom. The Morgan fingerprint density at radius 2 is 1.61 bits per heavy atom. The lowest BCUT2D eigenvalue weighted by Crippen LogP contribution is -2.04. The van der Waals surface area contributed by atoms with Crippen molar-refractivity contribution < 1.29 is 18.0 Å². The minimum atomic E-state index is -4.37. The van der Waals surface area contributed by atoms with E-state index in [1.54, 1.807) is 6.08 Å². The number of Topliss-reactive ketones (excluding diaryl/α,β-unsaturated/α-hetero) is 1. The number of alkyl halides is 3. The van der Waals surface area contributed by atoms with Crippen LogP contribution >= 0.6 is 0 Å². The average Bonchev–Trinajstić information content (AvgIpc) is 2.51. The van der Waals surface area contributed by atoms with Crippen LogP contribution in [0.2, 0.25) is 0 Å². The van der Waals surface area contributed by atoms with Crippen molar-refractivity contribution in [3.05, 3.63) is 76.9 Å². The third-order valence-corrected chi connectivity index (χ3v) is 3.04. The first-order chi connectivity index (χ1) is 10.9. The summed E-state index contributed by atoms with van der Waals surface area (Å²) in [5, 5.41) is 0. The van der Waals surface area contributed by atoms with E-state index in [2.05, 4.69) is 11.8 Å². The number of halogens is 3. The topological polar surface area (TPSA) is 17.1 Å². The van der Waals surface area contributed by atoms with Crippen molar-refractivity contribution >= 4 is 11.9 Å². The van der Waals surface area contributed by atoms with E-state index in [1.807, 2.05) is 30.3 Å². The summed E-state index contributed by atoms with van der Waals surface area (Å²) in [5.41, 5.74) is 0.823. The van der Waals surface area contributed by atoms with Gasteiger partial charge in [-0.1, -0.05) is 42.2 Å². The van der Waals surface area contributed by atoms with Crippen molar-refractivity contribution in [2.24, 2.45) is 0 Å². The summed E-state index contributed by atoms with van der Waals surface area (Å²) in [7, 11) is 0. The molecule has 0 heterocycles. The first-order valence-corrected chi connectivity index (χ1v) is 6.83. The summed E-state index contributed by atoms with van der Waals surface area (Å²) >= 11 is 0. The van der Waals surface area contributed by atoms with Gasteiger partial charge in [0.25, 0.3) is 0 Å². The van der Waals surface area contributed by atoms with Crippen LogP contribution in [0.15, 0.2) is 60.2 Å². The van der Waals surface area contributed by atoms with Crippen LogP contribution in [-0.2, 0) is 11.0 Å². The van der Waals surface area contributed by atoms with Crippen molar-refractivity contribution in [1.82, 2.24) is 0 Å². The maximum absolute atomic E-state index is 12.5. The van der Waals surface area contributed by atoms with E-state index in [9.17, 15) is 18.0 Å². The zero-order chi connectivity index (χ0) is 16.9. The number of allylic oxidation sites excluding steroid dienone is 1. The van der Waals surface area contributed by atoms with E-state index in [0.717, 1.165) is 17.7 Å². The molecule has 0 aliphatic carbocycles. The van der Waals surface area contributed by atoms with Crippen LogP contribution in [0.3, 0.4) is 0 Å². The smallest absolute Gasteiger partial charge is 0.294 e. The van der Waals surface area contributed by atoms with Gasteiger partial charge in [-0.3, -0.25) is 4.79 Å². The minimum absolute atomic E-state index is 0.201. The average molecular weight is 314 g/mol. The van der Waals surface area contributed by atoms with Crippen LogP contribution in [0, 0.1) is 11.8 Å². The molecule has 1 nitrogen and oxygen atoms in total. The minimum Gasteiger partial charge on any atom is -0.294 e. The second-order valence-electron chi connectivity index (χ2n) is 4.85. The Hall–Kier alpha value is -2.80. The number of hydrogen-bond acceptors (Lipinski definition) is 1. The molecule has 2 aromatic rings. The third kappa shape index (κ3) is 4.86. The first-order valence-electron chi connectivity index (χ1n) is 6.83. The summed E-state index contributed by atoms with van der Waals surface area (Å²) in [6.45, 7) is 1.40. The molecule has 4 heteroatoms. The normalized spacial score (nSPS) is 11.6. The van der Waals surface area contributed by atoms with E-state index < -0.39 is 11.7 Å². The number of carbonyl (C=O) groups is 1. The molecular weight excluding hydrogens is 301 g/mol. The van der Waals surface area contributed by atoms with Crippen LogP contribution < -0.4 is 0 Å². The molecule has 116 valence electrons. The Morgan fingerprint density at radius 3 is 2.13 bits per heavy atom. The molecule has 2 aromatic carbocycles. The van der Waals surface area contributed by atoms with E-state index >= 15 is 0 Å². The largest absolute Gasteiger partial charge is 0.416 e. The van der Waals surface area contributed by atoms with Gasteiger partial charge in [-0.2, -0.15) is 13.2 Å². The lowest BCUT2D eigenvalue weighted by Gasteiger charge is -2.05. The number of hydrogen-bond donors (Lipinski definition) is 0. The highest BCUT2D eigenvalue weighted by Gasteiger charge is 2.29. The molecule has 0 fully saturated rings. The lowest BCUT2D eigenvalue weighted by molar-refractivity contribution is -0.137. The Balaban J connectivity index is 2.27. The molecule has 0 aromatic heterocycles. The van der Waals surface area contributed by atoms with Crippen molar-refractivity contribution in [3.63, 3.8) is 0 Å². The fraction of sp³-hybridized carbons (Fsp3) is 0.105.